The lowest BCUT2D eigenvalue weighted by Gasteiger charge is -2.39. The molecule has 2 amide bonds. The van der Waals surface area contributed by atoms with Crippen molar-refractivity contribution < 1.29 is 19.1 Å². The summed E-state index contributed by atoms with van der Waals surface area (Å²) in [6.45, 7) is 5.86. The maximum Gasteiger partial charge on any atom is 0.330 e. The minimum Gasteiger partial charge on any atom is -0.463 e. The minimum atomic E-state index is -1.08. The lowest BCUT2D eigenvalue weighted by Crippen LogP contribution is -2.49. The van der Waals surface area contributed by atoms with E-state index in [1.165, 1.54) is 17.8 Å². The van der Waals surface area contributed by atoms with Gasteiger partial charge in [0.1, 0.15) is 4.75 Å². The van der Waals surface area contributed by atoms with Crippen LogP contribution in [0.3, 0.4) is 0 Å². The van der Waals surface area contributed by atoms with Crippen molar-refractivity contribution in [1.29, 1.82) is 0 Å². The van der Waals surface area contributed by atoms with E-state index in [2.05, 4.69) is 0 Å². The number of amides is 2. The summed E-state index contributed by atoms with van der Waals surface area (Å²) >= 11 is 1.50. The number of hydrogen-bond donors (Lipinski definition) is 0. The van der Waals surface area contributed by atoms with Crippen molar-refractivity contribution in [2.75, 3.05) is 19.7 Å². The number of hydrogen-bond acceptors (Lipinski definition) is 5. The zero-order chi connectivity index (χ0) is 28.8. The quantitative estimate of drug-likeness (QED) is 0.227. The van der Waals surface area contributed by atoms with E-state index in [1.54, 1.807) is 13.0 Å². The molecule has 0 aromatic heterocycles. The predicted octanol–water partition coefficient (Wildman–Crippen LogP) is 6.20. The molecule has 212 valence electrons. The predicted molar refractivity (Wildman–Crippen MR) is 162 cm³/mol. The molecule has 0 unspecified atom stereocenters. The first-order valence-corrected chi connectivity index (χ1v) is 15.0. The monoisotopic (exact) mass is 568 g/mol. The van der Waals surface area contributed by atoms with Crippen LogP contribution in [-0.2, 0) is 25.7 Å². The fourth-order valence-electron chi connectivity index (χ4n) is 5.79. The van der Waals surface area contributed by atoms with Gasteiger partial charge in [0, 0.05) is 30.6 Å². The molecule has 2 atom stereocenters. The molecule has 2 aliphatic rings. The molecule has 5 rings (SSSR count). The van der Waals surface area contributed by atoms with Gasteiger partial charge >= 0.3 is 5.97 Å². The van der Waals surface area contributed by atoms with Gasteiger partial charge in [0.15, 0.2) is 0 Å². The van der Waals surface area contributed by atoms with Crippen LogP contribution in [0.1, 0.15) is 54.5 Å². The van der Waals surface area contributed by atoms with Crippen molar-refractivity contribution in [3.05, 3.63) is 107 Å². The van der Waals surface area contributed by atoms with Gasteiger partial charge in [-0.2, -0.15) is 0 Å². The van der Waals surface area contributed by atoms with Gasteiger partial charge in [0.05, 0.1) is 19.1 Å². The van der Waals surface area contributed by atoms with E-state index < -0.39 is 16.8 Å². The lowest BCUT2D eigenvalue weighted by atomic mass is 9.88. The van der Waals surface area contributed by atoms with E-state index in [1.807, 2.05) is 95.6 Å². The largest absolute Gasteiger partial charge is 0.463 e. The van der Waals surface area contributed by atoms with Crippen LogP contribution in [0, 0.1) is 6.92 Å². The van der Waals surface area contributed by atoms with Crippen molar-refractivity contribution in [3.63, 3.8) is 0 Å². The summed E-state index contributed by atoms with van der Waals surface area (Å²) in [7, 11) is 0. The van der Waals surface area contributed by atoms with Crippen LogP contribution in [0.25, 0.3) is 6.08 Å². The molecule has 41 heavy (non-hydrogen) atoms. The van der Waals surface area contributed by atoms with E-state index in [0.29, 0.717) is 19.6 Å². The molecule has 3 aromatic rings. The molecule has 6 nitrogen and oxygen atoms in total. The number of likely N-dealkylation sites (tertiary alicyclic amines) is 2. The molecule has 0 bridgehead atoms. The molecule has 2 fully saturated rings. The molecular weight excluding hydrogens is 532 g/mol. The fourth-order valence-corrected chi connectivity index (χ4v) is 7.26. The Morgan fingerprint density at radius 3 is 2.37 bits per heavy atom. The first-order chi connectivity index (χ1) is 19.9. The molecule has 0 spiro atoms. The van der Waals surface area contributed by atoms with Gasteiger partial charge in [-0.25, -0.2) is 4.79 Å². The molecule has 3 aromatic carbocycles. The highest BCUT2D eigenvalue weighted by atomic mass is 32.2. The number of ether oxygens (including phenoxy) is 1. The molecule has 2 heterocycles. The van der Waals surface area contributed by atoms with Gasteiger partial charge < -0.3 is 14.5 Å². The molecule has 0 saturated carbocycles. The number of carbonyl (C=O) groups excluding carboxylic acids is 3. The first-order valence-electron chi connectivity index (χ1n) is 14.2. The SMILES string of the molecule is CCOC(=O)/C=C/c1ccccc1[C@H]1N(Cc2ccccc2)C(=O)C[C@]1(Sc1ccc(C)cc1)C(=O)N1CCCC1. The van der Waals surface area contributed by atoms with Gasteiger partial charge in [-0.1, -0.05) is 72.3 Å². The first kappa shape index (κ1) is 28.7. The Morgan fingerprint density at radius 1 is 0.976 bits per heavy atom. The van der Waals surface area contributed by atoms with E-state index in [-0.39, 0.29) is 24.8 Å². The average molecular weight is 569 g/mol. The summed E-state index contributed by atoms with van der Waals surface area (Å²) in [5.41, 5.74) is 3.74. The molecule has 2 aliphatic heterocycles. The van der Waals surface area contributed by atoms with Crippen molar-refractivity contribution in [1.82, 2.24) is 9.80 Å². The zero-order valence-corrected chi connectivity index (χ0v) is 24.4. The van der Waals surface area contributed by atoms with Crippen LogP contribution < -0.4 is 0 Å². The van der Waals surface area contributed by atoms with Gasteiger partial charge in [-0.15, -0.1) is 11.8 Å². The molecular formula is C34H36N2O4S. The van der Waals surface area contributed by atoms with Crippen LogP contribution in [0.5, 0.6) is 0 Å². The number of nitrogens with zero attached hydrogens (tertiary/aromatic N) is 2. The zero-order valence-electron chi connectivity index (χ0n) is 23.6. The fraction of sp³-hybridized carbons (Fsp3) is 0.324. The van der Waals surface area contributed by atoms with Crippen molar-refractivity contribution >= 4 is 35.6 Å². The molecule has 0 N–H and O–H groups in total. The number of rotatable bonds is 9. The summed E-state index contributed by atoms with van der Waals surface area (Å²) in [5.74, 6) is -0.492. The van der Waals surface area contributed by atoms with Gasteiger partial charge in [0.2, 0.25) is 11.8 Å². The van der Waals surface area contributed by atoms with Gasteiger partial charge in [0.25, 0.3) is 0 Å². The Bertz CT molecular complexity index is 1420. The Hall–Kier alpha value is -3.84. The Morgan fingerprint density at radius 2 is 1.66 bits per heavy atom. The second kappa shape index (κ2) is 12.8. The van der Waals surface area contributed by atoms with Crippen LogP contribution in [0.4, 0.5) is 0 Å². The van der Waals surface area contributed by atoms with E-state index >= 15 is 0 Å². The van der Waals surface area contributed by atoms with Crippen molar-refractivity contribution in [2.45, 2.75) is 55.3 Å². The van der Waals surface area contributed by atoms with Crippen LogP contribution in [0.2, 0.25) is 0 Å². The van der Waals surface area contributed by atoms with Crippen LogP contribution in [-0.4, -0.2) is 52.0 Å². The van der Waals surface area contributed by atoms with Crippen LogP contribution in [0.15, 0.2) is 89.8 Å². The van der Waals surface area contributed by atoms with E-state index in [9.17, 15) is 14.4 Å². The molecule has 0 aliphatic carbocycles. The Kier molecular flexibility index (Phi) is 8.93. The molecule has 2 saturated heterocycles. The third-order valence-corrected chi connectivity index (χ3v) is 9.15. The standard InChI is InChI=1S/C34H36N2O4S/c1-3-40-31(38)20-17-27-13-7-8-14-29(27)32-34(33(39)35-21-9-10-22-35,41-28-18-15-25(2)16-19-28)23-30(37)36(32)24-26-11-5-4-6-12-26/h4-8,11-20,32H,3,9-10,21-24H2,1-2H3/b20-17+/t32-,34-/m1/s1. The highest BCUT2D eigenvalue weighted by molar-refractivity contribution is 8.01. The number of benzene rings is 3. The minimum absolute atomic E-state index is 0.00124. The maximum absolute atomic E-state index is 14.7. The summed E-state index contributed by atoms with van der Waals surface area (Å²) in [5, 5.41) is 0. The van der Waals surface area contributed by atoms with E-state index in [4.69, 9.17) is 4.74 Å². The highest BCUT2D eigenvalue weighted by Gasteiger charge is 2.59. The number of thioether (sulfide) groups is 1. The normalized spacial score (nSPS) is 20.6. The second-order valence-corrected chi connectivity index (χ2v) is 12.0. The van der Waals surface area contributed by atoms with Crippen LogP contribution >= 0.6 is 11.8 Å². The lowest BCUT2D eigenvalue weighted by molar-refractivity contribution is -0.137. The van der Waals surface area contributed by atoms with Gasteiger partial charge in [-0.05, 0) is 61.6 Å². The summed E-state index contributed by atoms with van der Waals surface area (Å²) in [6, 6.07) is 25.2. The highest BCUT2D eigenvalue weighted by Crippen LogP contribution is 2.54. The Labute approximate surface area is 246 Å². The van der Waals surface area contributed by atoms with Gasteiger partial charge in [-0.3, -0.25) is 9.59 Å². The summed E-state index contributed by atoms with van der Waals surface area (Å²) in [4.78, 5) is 45.7. The Balaban J connectivity index is 1.67. The topological polar surface area (TPSA) is 66.9 Å². The second-order valence-electron chi connectivity index (χ2n) is 10.6. The number of esters is 1. The molecule has 0 radical (unpaired) electrons. The molecule has 7 heteroatoms. The smallest absolute Gasteiger partial charge is 0.330 e. The maximum atomic E-state index is 14.7. The number of carbonyl (C=O) groups is 3. The van der Waals surface area contributed by atoms with Crippen molar-refractivity contribution in [3.8, 4) is 0 Å². The average Bonchev–Trinajstić information content (AvgIpc) is 3.61. The third-order valence-electron chi connectivity index (χ3n) is 7.74. The van der Waals surface area contributed by atoms with Crippen molar-refractivity contribution in [2.24, 2.45) is 0 Å². The third kappa shape index (κ3) is 6.25. The number of aryl methyl sites for hydroxylation is 1. The van der Waals surface area contributed by atoms with E-state index in [0.717, 1.165) is 40.0 Å². The summed E-state index contributed by atoms with van der Waals surface area (Å²) < 4.78 is 4.04. The summed E-state index contributed by atoms with van der Waals surface area (Å²) in [6.07, 6.45) is 5.16.